The van der Waals surface area contributed by atoms with Crippen LogP contribution in [0.1, 0.15) is 113 Å². The maximum atomic E-state index is 16.4. The lowest BCUT2D eigenvalue weighted by molar-refractivity contribution is -0.139. The molecule has 8 aliphatic heterocycles. The number of carbonyl (C=O) groups excluding carboxylic acids is 5. The van der Waals surface area contributed by atoms with Gasteiger partial charge in [-0.3, -0.25) is 4.79 Å². The second kappa shape index (κ2) is 20.4. The molecule has 65 heavy (non-hydrogen) atoms. The van der Waals surface area contributed by atoms with E-state index in [0.717, 1.165) is 44.9 Å². The fraction of sp³-hybridized carbons (Fsp3) is 0.896. The van der Waals surface area contributed by atoms with Gasteiger partial charge < -0.3 is 56.8 Å². The van der Waals surface area contributed by atoms with Crippen molar-refractivity contribution >= 4 is 30.4 Å². The van der Waals surface area contributed by atoms with Crippen LogP contribution in [-0.2, 0) is 61.6 Å². The highest BCUT2D eigenvalue weighted by atomic mass is 16.7. The van der Waals surface area contributed by atoms with Gasteiger partial charge in [-0.25, -0.2) is 19.2 Å². The summed E-state index contributed by atoms with van der Waals surface area (Å²) < 4.78 is 71.5. The van der Waals surface area contributed by atoms with Crippen molar-refractivity contribution in [1.82, 2.24) is 0 Å². The van der Waals surface area contributed by atoms with Crippen LogP contribution in [0.15, 0.2) is 0 Å². The van der Waals surface area contributed by atoms with Gasteiger partial charge in [0, 0.05) is 35.5 Å². The average molecular weight is 921 g/mol. The molecule has 0 spiro atoms. The molecule has 0 N–H and O–H groups in total. The van der Waals surface area contributed by atoms with Crippen LogP contribution in [0.3, 0.4) is 0 Å². The van der Waals surface area contributed by atoms with Gasteiger partial charge >= 0.3 is 24.6 Å². The summed E-state index contributed by atoms with van der Waals surface area (Å²) in [4.78, 5) is 68.0. The van der Waals surface area contributed by atoms with Crippen LogP contribution in [0, 0.1) is 59.2 Å². The third-order valence-electron chi connectivity index (χ3n) is 15.5. The summed E-state index contributed by atoms with van der Waals surface area (Å²) in [6, 6.07) is 0. The Hall–Kier alpha value is -3.41. The van der Waals surface area contributed by atoms with E-state index in [-0.39, 0.29) is 147 Å². The monoisotopic (exact) mass is 920 g/mol. The number of Topliss-reactive ketones (excluding diaryl/α,β-unsaturated/α-hetero) is 1. The molecule has 366 valence electrons. The van der Waals surface area contributed by atoms with E-state index in [1.807, 2.05) is 0 Å². The molecule has 8 rings (SSSR count). The smallest absolute Gasteiger partial charge is 0.434 e. The highest BCUT2D eigenvalue weighted by molar-refractivity contribution is 5.86. The summed E-state index contributed by atoms with van der Waals surface area (Å²) in [7, 11) is 0. The van der Waals surface area contributed by atoms with Crippen molar-refractivity contribution in [3.63, 3.8) is 0 Å². The fourth-order valence-corrected chi connectivity index (χ4v) is 13.3. The van der Waals surface area contributed by atoms with Crippen LogP contribution >= 0.6 is 0 Å². The Morgan fingerprint density at radius 3 is 1.20 bits per heavy atom. The average Bonchev–Trinajstić information content (AvgIpc) is 4.10. The van der Waals surface area contributed by atoms with E-state index in [4.69, 9.17) is 56.8 Å². The first-order valence-electron chi connectivity index (χ1n) is 24.5. The maximum Gasteiger partial charge on any atom is 0.508 e. The number of rotatable bonds is 19. The van der Waals surface area contributed by atoms with Crippen LogP contribution in [0.2, 0.25) is 0 Å². The zero-order chi connectivity index (χ0) is 46.3. The minimum atomic E-state index is -0.796. The molecule has 0 amide bonds. The van der Waals surface area contributed by atoms with Crippen molar-refractivity contribution in [2.24, 2.45) is 59.2 Å². The molecule has 17 heteroatoms. The quantitative estimate of drug-likeness (QED) is 0.0906. The number of fused-ring (bicyclic) bond motifs is 8. The Balaban J connectivity index is 1.19. The first-order valence-corrected chi connectivity index (χ1v) is 24.5. The molecule has 8 aliphatic rings. The van der Waals surface area contributed by atoms with Gasteiger partial charge in [0.2, 0.25) is 0 Å². The third kappa shape index (κ3) is 10.5. The summed E-state index contributed by atoms with van der Waals surface area (Å²) in [5.74, 6) is -3.59. The minimum absolute atomic E-state index is 0.00115. The molecular formula is C48H72O17. The molecule has 8 fully saturated rings. The Kier molecular flexibility index (Phi) is 15.1. The van der Waals surface area contributed by atoms with Gasteiger partial charge in [-0.15, -0.1) is 0 Å². The van der Waals surface area contributed by atoms with E-state index in [2.05, 4.69) is 0 Å². The molecular weight excluding hydrogens is 849 g/mol. The summed E-state index contributed by atoms with van der Waals surface area (Å²) in [6.07, 6.45) is 0.101. The Bertz CT molecular complexity index is 1700. The van der Waals surface area contributed by atoms with Gasteiger partial charge in [0.1, 0.15) is 32.2 Å². The molecule has 0 radical (unpaired) electrons. The molecule has 0 saturated carbocycles. The third-order valence-corrected chi connectivity index (χ3v) is 15.5. The van der Waals surface area contributed by atoms with E-state index in [1.165, 1.54) is 0 Å². The highest BCUT2D eigenvalue weighted by Gasteiger charge is 2.64. The lowest BCUT2D eigenvalue weighted by Crippen LogP contribution is -2.52. The molecule has 8 bridgehead atoms. The van der Waals surface area contributed by atoms with Crippen molar-refractivity contribution in [1.29, 1.82) is 0 Å². The maximum absolute atomic E-state index is 16.4. The van der Waals surface area contributed by atoms with E-state index in [0.29, 0.717) is 12.8 Å². The van der Waals surface area contributed by atoms with Crippen molar-refractivity contribution in [2.75, 3.05) is 26.4 Å². The standard InChI is InChI=1S/C48H72O17/c1-22(2)58-45(50)54-18-28-26(32-9-10-33(28)62-32)17-27(40-29(34-11-14-37(40)63-34)19-55-46(51)59-23(3)4)43(41-30(35-12-15-38(41)64-35)20-56-47(52)60-24(5)6)44(49)42-31(36-13-16-39(42)65-36)21-57-48(53)61-25(7)8/h22-43H,9-21H2,1-8H3. The molecule has 0 aromatic rings. The van der Waals surface area contributed by atoms with Gasteiger partial charge in [-0.1, -0.05) is 0 Å². The number of hydrogen-bond acceptors (Lipinski definition) is 17. The Morgan fingerprint density at radius 2 is 0.723 bits per heavy atom. The van der Waals surface area contributed by atoms with Crippen LogP contribution in [-0.4, -0.2) is 130 Å². The van der Waals surface area contributed by atoms with Crippen LogP contribution in [0.5, 0.6) is 0 Å². The van der Waals surface area contributed by atoms with Gasteiger partial charge in [0.15, 0.2) is 0 Å². The van der Waals surface area contributed by atoms with Gasteiger partial charge in [0.05, 0.1) is 79.2 Å². The summed E-state index contributed by atoms with van der Waals surface area (Å²) in [5, 5.41) is 0. The van der Waals surface area contributed by atoms with Crippen molar-refractivity contribution < 1.29 is 80.8 Å². The molecule has 18 unspecified atom stereocenters. The minimum Gasteiger partial charge on any atom is -0.434 e. The van der Waals surface area contributed by atoms with Crippen molar-refractivity contribution in [3.05, 3.63) is 0 Å². The summed E-state index contributed by atoms with van der Waals surface area (Å²) >= 11 is 0. The van der Waals surface area contributed by atoms with Crippen molar-refractivity contribution in [3.8, 4) is 0 Å². The summed E-state index contributed by atoms with van der Waals surface area (Å²) in [5.41, 5.74) is 0. The van der Waals surface area contributed by atoms with Crippen LogP contribution < -0.4 is 0 Å². The van der Waals surface area contributed by atoms with Gasteiger partial charge in [-0.05, 0) is 131 Å². The predicted molar refractivity (Wildman–Crippen MR) is 226 cm³/mol. The number of ether oxygens (including phenoxy) is 12. The molecule has 8 saturated heterocycles. The molecule has 0 aromatic carbocycles. The topological polar surface area (TPSA) is 196 Å². The van der Waals surface area contributed by atoms with Crippen LogP contribution in [0.4, 0.5) is 19.2 Å². The normalized spacial score (nSPS) is 38.2. The van der Waals surface area contributed by atoms with Crippen molar-refractivity contribution in [2.45, 2.75) is 186 Å². The van der Waals surface area contributed by atoms with Gasteiger partial charge in [-0.2, -0.15) is 0 Å². The summed E-state index contributed by atoms with van der Waals surface area (Å²) in [6.45, 7) is 14.2. The molecule has 8 heterocycles. The number of ketones is 1. The highest BCUT2D eigenvalue weighted by Crippen LogP contribution is 2.59. The second-order valence-corrected chi connectivity index (χ2v) is 20.9. The largest absolute Gasteiger partial charge is 0.508 e. The first-order chi connectivity index (χ1) is 31.1. The lowest BCUT2D eigenvalue weighted by Gasteiger charge is -2.46. The first kappa shape index (κ1) is 48.1. The SMILES string of the molecule is CC(C)OC(=O)OCC1C2CCC(O2)C1CC(C(C(=O)C1C2CCC(O2)C1COC(=O)OC(C)C)C1C2CCC(O2)C1COC(=O)OC(C)C)C1C2CCC(O2)C1COC(=O)OC(C)C. The Morgan fingerprint density at radius 1 is 0.400 bits per heavy atom. The molecule has 17 nitrogen and oxygen atoms in total. The van der Waals surface area contributed by atoms with E-state index >= 15 is 4.79 Å². The number of carbonyl (C=O) groups is 5. The zero-order valence-electron chi connectivity index (χ0n) is 39.3. The number of hydrogen-bond donors (Lipinski definition) is 0. The molecule has 0 aromatic heterocycles. The lowest BCUT2D eigenvalue weighted by atomic mass is 9.56. The van der Waals surface area contributed by atoms with E-state index in [1.54, 1.807) is 55.4 Å². The second-order valence-electron chi connectivity index (χ2n) is 20.9. The predicted octanol–water partition coefficient (Wildman–Crippen LogP) is 7.60. The zero-order valence-corrected chi connectivity index (χ0v) is 39.3. The molecule has 0 aliphatic carbocycles. The molecule has 18 atom stereocenters. The van der Waals surface area contributed by atoms with Crippen LogP contribution in [0.25, 0.3) is 0 Å². The van der Waals surface area contributed by atoms with E-state index < -0.39 is 42.4 Å². The van der Waals surface area contributed by atoms with E-state index in [9.17, 15) is 19.2 Å². The van der Waals surface area contributed by atoms with Gasteiger partial charge in [0.25, 0.3) is 0 Å². The Labute approximate surface area is 382 Å². The fourth-order valence-electron chi connectivity index (χ4n) is 13.3.